The third-order valence-corrected chi connectivity index (χ3v) is 5.38. The van der Waals surface area contributed by atoms with Crippen molar-refractivity contribution in [2.75, 3.05) is 13.6 Å². The van der Waals surface area contributed by atoms with Crippen molar-refractivity contribution in [3.63, 3.8) is 0 Å². The van der Waals surface area contributed by atoms with E-state index in [-0.39, 0.29) is 5.66 Å². The zero-order chi connectivity index (χ0) is 18.1. The molecule has 0 radical (unpaired) electrons. The van der Waals surface area contributed by atoms with Gasteiger partial charge in [-0.1, -0.05) is 70.6 Å². The summed E-state index contributed by atoms with van der Waals surface area (Å²) in [6.45, 7) is 6.76. The maximum Gasteiger partial charge on any atom is 0.119 e. The summed E-state index contributed by atoms with van der Waals surface area (Å²) in [4.78, 5) is 0. The van der Waals surface area contributed by atoms with E-state index in [1.807, 2.05) is 43.4 Å². The Kier molecular flexibility index (Phi) is 7.49. The Morgan fingerprint density at radius 2 is 1.84 bits per heavy atom. The highest BCUT2D eigenvalue weighted by Gasteiger charge is 2.16. The summed E-state index contributed by atoms with van der Waals surface area (Å²) in [5.74, 6) is 0.313. The predicted molar refractivity (Wildman–Crippen MR) is 109 cm³/mol. The second-order valence-electron chi connectivity index (χ2n) is 5.62. The average Bonchev–Trinajstić information content (AvgIpc) is 2.65. The van der Waals surface area contributed by atoms with Crippen molar-refractivity contribution in [3.8, 4) is 5.75 Å². The van der Waals surface area contributed by atoms with Crippen LogP contribution in [0, 0.1) is 0 Å². The molecule has 2 unspecified atom stereocenters. The van der Waals surface area contributed by atoms with Gasteiger partial charge in [-0.05, 0) is 18.1 Å². The van der Waals surface area contributed by atoms with Crippen LogP contribution in [0.4, 0.5) is 0 Å². The van der Waals surface area contributed by atoms with E-state index in [1.54, 1.807) is 6.07 Å². The number of phenolic OH excluding ortho intramolecular Hbond substituents is 1. The lowest BCUT2D eigenvalue weighted by Gasteiger charge is -2.20. The summed E-state index contributed by atoms with van der Waals surface area (Å²) in [6.07, 6.45) is 0.851. The number of hydrogen-bond acceptors (Lipinski definition) is 4. The van der Waals surface area contributed by atoms with Gasteiger partial charge in [0.1, 0.15) is 5.75 Å². The standard InChI is InChI=1S/C20H26N3OP/c1-4-18(16-10-6-5-7-11-16)23-22-14-20(25-15(2)21-3)17-12-8-9-13-19(17)24/h5-13,20-22,24-25H,2,4,14H2,1,3H3/b23-18+. The summed E-state index contributed by atoms with van der Waals surface area (Å²) >= 11 is 0. The Bertz CT molecular complexity index is 716. The highest BCUT2D eigenvalue weighted by molar-refractivity contribution is 7.43. The second kappa shape index (κ2) is 9.85. The lowest BCUT2D eigenvalue weighted by molar-refractivity contribution is 0.466. The Morgan fingerprint density at radius 3 is 2.48 bits per heavy atom. The number of phenols is 1. The fourth-order valence-electron chi connectivity index (χ4n) is 2.51. The van der Waals surface area contributed by atoms with Crippen LogP contribution in [-0.2, 0) is 0 Å². The molecule has 0 saturated carbocycles. The van der Waals surface area contributed by atoms with Gasteiger partial charge in [0.25, 0.3) is 0 Å². The monoisotopic (exact) mass is 355 g/mol. The predicted octanol–water partition coefficient (Wildman–Crippen LogP) is 4.21. The largest absolute Gasteiger partial charge is 0.508 e. The molecular formula is C20H26N3OP. The second-order valence-corrected chi connectivity index (χ2v) is 7.21. The van der Waals surface area contributed by atoms with Crippen LogP contribution < -0.4 is 10.7 Å². The van der Waals surface area contributed by atoms with Crippen LogP contribution >= 0.6 is 8.58 Å². The van der Waals surface area contributed by atoms with Gasteiger partial charge in [-0.2, -0.15) is 5.10 Å². The van der Waals surface area contributed by atoms with Gasteiger partial charge in [0, 0.05) is 30.3 Å². The Hall–Kier alpha value is -2.32. The van der Waals surface area contributed by atoms with Crippen molar-refractivity contribution in [2.45, 2.75) is 19.0 Å². The van der Waals surface area contributed by atoms with Gasteiger partial charge in [0.05, 0.1) is 5.71 Å². The van der Waals surface area contributed by atoms with Crippen LogP contribution in [0.2, 0.25) is 0 Å². The van der Waals surface area contributed by atoms with Crippen molar-refractivity contribution in [1.29, 1.82) is 0 Å². The zero-order valence-electron chi connectivity index (χ0n) is 14.8. The molecule has 0 aliphatic carbocycles. The fourth-order valence-corrected chi connectivity index (χ4v) is 3.67. The minimum absolute atomic E-state index is 0.110. The first-order valence-corrected chi connectivity index (χ1v) is 9.49. The van der Waals surface area contributed by atoms with Gasteiger partial charge < -0.3 is 15.8 Å². The molecule has 0 spiro atoms. The zero-order valence-corrected chi connectivity index (χ0v) is 15.8. The molecule has 2 rings (SSSR count). The van der Waals surface area contributed by atoms with Crippen LogP contribution in [0.5, 0.6) is 5.75 Å². The quantitative estimate of drug-likeness (QED) is 0.359. The van der Waals surface area contributed by atoms with E-state index in [1.165, 1.54) is 0 Å². The normalized spacial score (nSPS) is 13.0. The number of nitrogens with zero attached hydrogens (tertiary/aromatic N) is 1. The van der Waals surface area contributed by atoms with Gasteiger partial charge >= 0.3 is 0 Å². The van der Waals surface area contributed by atoms with Gasteiger partial charge in [0.2, 0.25) is 0 Å². The van der Waals surface area contributed by atoms with E-state index in [0.717, 1.165) is 28.7 Å². The van der Waals surface area contributed by atoms with Gasteiger partial charge in [-0.15, -0.1) is 0 Å². The highest BCUT2D eigenvalue weighted by Crippen LogP contribution is 2.41. The summed E-state index contributed by atoms with van der Waals surface area (Å²) in [7, 11) is 2.31. The van der Waals surface area contributed by atoms with Crippen molar-refractivity contribution >= 4 is 14.3 Å². The molecule has 0 aromatic heterocycles. The van der Waals surface area contributed by atoms with Gasteiger partial charge in [0.15, 0.2) is 0 Å². The molecule has 2 aromatic rings. The summed E-state index contributed by atoms with van der Waals surface area (Å²) in [5, 5.41) is 17.9. The molecule has 5 heteroatoms. The van der Waals surface area contributed by atoms with Crippen molar-refractivity contribution in [2.24, 2.45) is 5.10 Å². The first kappa shape index (κ1) is 19.0. The van der Waals surface area contributed by atoms with Crippen LogP contribution in [-0.4, -0.2) is 24.4 Å². The topological polar surface area (TPSA) is 56.7 Å². The van der Waals surface area contributed by atoms with E-state index in [0.29, 0.717) is 20.9 Å². The molecule has 0 amide bonds. The van der Waals surface area contributed by atoms with E-state index >= 15 is 0 Å². The highest BCUT2D eigenvalue weighted by atomic mass is 31.1. The van der Waals surface area contributed by atoms with E-state index in [2.05, 4.69) is 41.5 Å². The van der Waals surface area contributed by atoms with Crippen LogP contribution in [0.1, 0.15) is 30.1 Å². The molecule has 0 bridgehead atoms. The molecule has 0 aliphatic rings. The molecule has 0 heterocycles. The summed E-state index contributed by atoms with van der Waals surface area (Å²) in [6, 6.07) is 17.6. The van der Waals surface area contributed by atoms with E-state index in [9.17, 15) is 5.11 Å². The molecule has 0 fully saturated rings. The molecule has 2 atom stereocenters. The molecule has 0 saturated heterocycles. The first-order valence-electron chi connectivity index (χ1n) is 8.41. The lowest BCUT2D eigenvalue weighted by atomic mass is 10.1. The van der Waals surface area contributed by atoms with E-state index < -0.39 is 0 Å². The van der Waals surface area contributed by atoms with Crippen LogP contribution in [0.25, 0.3) is 0 Å². The molecule has 25 heavy (non-hydrogen) atoms. The van der Waals surface area contributed by atoms with Crippen molar-refractivity contribution < 1.29 is 5.11 Å². The van der Waals surface area contributed by atoms with Gasteiger partial charge in [-0.3, -0.25) is 0 Å². The van der Waals surface area contributed by atoms with Crippen LogP contribution in [0.3, 0.4) is 0 Å². The minimum atomic E-state index is 0.110. The van der Waals surface area contributed by atoms with Crippen molar-refractivity contribution in [3.05, 3.63) is 77.7 Å². The number of rotatable bonds is 9. The smallest absolute Gasteiger partial charge is 0.119 e. The number of aromatic hydroxyl groups is 1. The third-order valence-electron chi connectivity index (χ3n) is 3.91. The maximum absolute atomic E-state index is 10.2. The third kappa shape index (κ3) is 5.61. The molecule has 0 aliphatic heterocycles. The van der Waals surface area contributed by atoms with Gasteiger partial charge in [-0.25, -0.2) is 0 Å². The Labute approximate surface area is 151 Å². The first-order chi connectivity index (χ1) is 12.2. The van der Waals surface area contributed by atoms with Crippen molar-refractivity contribution in [1.82, 2.24) is 10.7 Å². The Balaban J connectivity index is 2.13. The SMILES string of the molecule is C=C(NC)PC(CN/N=C(\CC)c1ccccc1)c1ccccc1O. The molecule has 4 nitrogen and oxygen atoms in total. The lowest BCUT2D eigenvalue weighted by Crippen LogP contribution is -2.18. The molecule has 3 N–H and O–H groups in total. The minimum Gasteiger partial charge on any atom is -0.508 e. The van der Waals surface area contributed by atoms with E-state index in [4.69, 9.17) is 0 Å². The van der Waals surface area contributed by atoms with Crippen LogP contribution in [0.15, 0.2) is 71.7 Å². The summed E-state index contributed by atoms with van der Waals surface area (Å²) < 4.78 is 0. The Morgan fingerprint density at radius 1 is 1.16 bits per heavy atom. The number of hydrogen-bond donors (Lipinski definition) is 3. The number of benzene rings is 2. The maximum atomic E-state index is 10.2. The summed E-state index contributed by atoms with van der Waals surface area (Å²) in [5.41, 5.74) is 7.33. The number of hydrazone groups is 1. The molecule has 132 valence electrons. The number of para-hydroxylation sites is 1. The molecular weight excluding hydrogens is 329 g/mol. The number of nitrogens with one attached hydrogen (secondary N) is 2. The average molecular weight is 355 g/mol. The fraction of sp³-hybridized carbons (Fsp3) is 0.250. The molecule has 2 aromatic carbocycles.